The van der Waals surface area contributed by atoms with E-state index in [2.05, 4.69) is 15.8 Å². The SMILES string of the molecule is CCN/C=C(\C=N)C/C(=N/NCC)C(=N)I. The zero-order valence-corrected chi connectivity index (χ0v) is 11.8. The van der Waals surface area contributed by atoms with Crippen molar-refractivity contribution in [2.75, 3.05) is 13.1 Å². The van der Waals surface area contributed by atoms with Crippen molar-refractivity contribution < 1.29 is 0 Å². The first-order chi connectivity index (χ1) is 7.65. The van der Waals surface area contributed by atoms with E-state index < -0.39 is 0 Å². The number of halogens is 1. The number of rotatable bonds is 8. The maximum atomic E-state index is 7.57. The van der Waals surface area contributed by atoms with Crippen LogP contribution in [0.3, 0.4) is 0 Å². The van der Waals surface area contributed by atoms with E-state index in [1.165, 1.54) is 6.21 Å². The van der Waals surface area contributed by atoms with Crippen molar-refractivity contribution in [2.24, 2.45) is 5.10 Å². The molecule has 0 aromatic heterocycles. The molecule has 90 valence electrons. The summed E-state index contributed by atoms with van der Waals surface area (Å²) in [7, 11) is 0. The number of allylic oxidation sites excluding steroid dienone is 1. The molecule has 0 aliphatic rings. The molecule has 0 aromatic rings. The predicted molar refractivity (Wildman–Crippen MR) is 78.0 cm³/mol. The molecule has 0 aliphatic carbocycles. The Bertz CT molecular complexity index is 296. The Morgan fingerprint density at radius 3 is 2.50 bits per heavy atom. The van der Waals surface area contributed by atoms with Gasteiger partial charge in [-0.2, -0.15) is 5.10 Å². The lowest BCUT2D eigenvalue weighted by molar-refractivity contribution is 0.782. The maximum absolute atomic E-state index is 7.57. The summed E-state index contributed by atoms with van der Waals surface area (Å²) in [5.74, 6) is 0. The third-order valence-electron chi connectivity index (χ3n) is 1.67. The van der Waals surface area contributed by atoms with Crippen molar-refractivity contribution in [3.8, 4) is 0 Å². The summed E-state index contributed by atoms with van der Waals surface area (Å²) in [5.41, 5.74) is 4.29. The van der Waals surface area contributed by atoms with Crippen LogP contribution in [-0.2, 0) is 0 Å². The van der Waals surface area contributed by atoms with Crippen LogP contribution >= 0.6 is 22.6 Å². The molecule has 0 aliphatic heterocycles. The highest BCUT2D eigenvalue weighted by Crippen LogP contribution is 2.04. The second-order valence-electron chi connectivity index (χ2n) is 2.98. The van der Waals surface area contributed by atoms with Gasteiger partial charge in [0.25, 0.3) is 0 Å². The first kappa shape index (κ1) is 15.1. The minimum atomic E-state index is 0.391. The first-order valence-corrected chi connectivity index (χ1v) is 6.20. The molecule has 6 heteroatoms. The van der Waals surface area contributed by atoms with Gasteiger partial charge in [0.05, 0.1) is 5.71 Å². The lowest BCUT2D eigenvalue weighted by Gasteiger charge is -2.05. The molecule has 0 spiro atoms. The molecule has 0 bridgehead atoms. The molecule has 0 fully saturated rings. The van der Waals surface area contributed by atoms with Gasteiger partial charge in [-0.05, 0) is 42.0 Å². The smallest absolute Gasteiger partial charge is 0.116 e. The van der Waals surface area contributed by atoms with Gasteiger partial charge in [-0.3, -0.25) is 5.41 Å². The van der Waals surface area contributed by atoms with E-state index in [0.29, 0.717) is 15.9 Å². The monoisotopic (exact) mass is 335 g/mol. The summed E-state index contributed by atoms with van der Waals surface area (Å²) in [6, 6.07) is 0. The Morgan fingerprint density at radius 2 is 2.06 bits per heavy atom. The third-order valence-corrected chi connectivity index (χ3v) is 2.30. The molecule has 0 aromatic carbocycles. The van der Waals surface area contributed by atoms with Crippen molar-refractivity contribution >= 4 is 38.2 Å². The van der Waals surface area contributed by atoms with Gasteiger partial charge < -0.3 is 16.2 Å². The Hall–Kier alpha value is -0.920. The number of hydrazone groups is 1. The summed E-state index contributed by atoms with van der Waals surface area (Å²) in [4.78, 5) is 0. The molecular weight excluding hydrogens is 317 g/mol. The number of hydrogen-bond donors (Lipinski definition) is 4. The Balaban J connectivity index is 4.59. The van der Waals surface area contributed by atoms with E-state index >= 15 is 0 Å². The molecule has 0 atom stereocenters. The third kappa shape index (κ3) is 6.54. The molecule has 0 saturated carbocycles. The van der Waals surface area contributed by atoms with Crippen molar-refractivity contribution in [1.29, 1.82) is 10.8 Å². The van der Waals surface area contributed by atoms with Crippen LogP contribution in [0.5, 0.6) is 0 Å². The highest BCUT2D eigenvalue weighted by molar-refractivity contribution is 14.1. The van der Waals surface area contributed by atoms with E-state index in [4.69, 9.17) is 10.8 Å². The molecular formula is C10H18IN5. The second kappa shape index (κ2) is 9.32. The van der Waals surface area contributed by atoms with Gasteiger partial charge in [0.1, 0.15) is 3.72 Å². The fourth-order valence-electron chi connectivity index (χ4n) is 0.911. The molecule has 0 rings (SSSR count). The number of nitrogens with zero attached hydrogens (tertiary/aromatic N) is 1. The quantitative estimate of drug-likeness (QED) is 0.310. The average molecular weight is 335 g/mol. The van der Waals surface area contributed by atoms with Gasteiger partial charge >= 0.3 is 0 Å². The molecule has 0 radical (unpaired) electrons. The maximum Gasteiger partial charge on any atom is 0.116 e. The molecule has 0 heterocycles. The van der Waals surface area contributed by atoms with Gasteiger partial charge in [-0.1, -0.05) is 0 Å². The highest BCUT2D eigenvalue weighted by Gasteiger charge is 2.06. The summed E-state index contributed by atoms with van der Waals surface area (Å²) in [5, 5.41) is 22.0. The normalized spacial score (nSPS) is 12.2. The largest absolute Gasteiger partial charge is 0.391 e. The second-order valence-corrected chi connectivity index (χ2v) is 4.06. The van der Waals surface area contributed by atoms with Crippen molar-refractivity contribution in [1.82, 2.24) is 10.7 Å². The van der Waals surface area contributed by atoms with Crippen LogP contribution < -0.4 is 10.7 Å². The minimum Gasteiger partial charge on any atom is -0.391 e. The summed E-state index contributed by atoms with van der Waals surface area (Å²) in [6.45, 7) is 5.49. The fourth-order valence-corrected chi connectivity index (χ4v) is 1.22. The van der Waals surface area contributed by atoms with E-state index in [1.807, 2.05) is 36.4 Å². The van der Waals surface area contributed by atoms with E-state index in [0.717, 1.165) is 18.7 Å². The van der Waals surface area contributed by atoms with Crippen LogP contribution in [0.4, 0.5) is 0 Å². The van der Waals surface area contributed by atoms with E-state index in [-0.39, 0.29) is 0 Å². The standard InChI is InChI=1S/C10H18IN5/c1-3-14-7-8(6-12)5-9(10(11)13)16-15-4-2/h6-7,12-15H,3-5H2,1-2H3/b8-7-,12-6?,13-10?,16-9-. The van der Waals surface area contributed by atoms with Crippen molar-refractivity contribution in [3.05, 3.63) is 11.8 Å². The van der Waals surface area contributed by atoms with Crippen LogP contribution in [0, 0.1) is 10.8 Å². The van der Waals surface area contributed by atoms with Gasteiger partial charge in [0.15, 0.2) is 0 Å². The van der Waals surface area contributed by atoms with Gasteiger partial charge in [0, 0.05) is 31.9 Å². The molecule has 0 saturated heterocycles. The Morgan fingerprint density at radius 1 is 1.38 bits per heavy atom. The van der Waals surface area contributed by atoms with Gasteiger partial charge in [-0.25, -0.2) is 0 Å². The van der Waals surface area contributed by atoms with E-state index in [9.17, 15) is 0 Å². The number of nitrogens with one attached hydrogen (secondary N) is 4. The molecule has 5 nitrogen and oxygen atoms in total. The predicted octanol–water partition coefficient (Wildman–Crippen LogP) is 1.90. The zero-order valence-electron chi connectivity index (χ0n) is 9.60. The van der Waals surface area contributed by atoms with Crippen LogP contribution in [0.2, 0.25) is 0 Å². The summed E-state index contributed by atoms with van der Waals surface area (Å²) in [6.07, 6.45) is 3.56. The molecule has 0 unspecified atom stereocenters. The lowest BCUT2D eigenvalue weighted by Crippen LogP contribution is -2.16. The average Bonchev–Trinajstić information content (AvgIpc) is 2.28. The van der Waals surface area contributed by atoms with Crippen LogP contribution in [0.15, 0.2) is 16.9 Å². The van der Waals surface area contributed by atoms with Crippen LogP contribution in [0.1, 0.15) is 20.3 Å². The fraction of sp³-hybridized carbons (Fsp3) is 0.500. The van der Waals surface area contributed by atoms with E-state index in [1.54, 1.807) is 6.20 Å². The van der Waals surface area contributed by atoms with Crippen LogP contribution in [0.25, 0.3) is 0 Å². The highest BCUT2D eigenvalue weighted by atomic mass is 127. The first-order valence-electron chi connectivity index (χ1n) is 5.12. The van der Waals surface area contributed by atoms with Gasteiger partial charge in [0.2, 0.25) is 0 Å². The van der Waals surface area contributed by atoms with Crippen molar-refractivity contribution in [3.63, 3.8) is 0 Å². The number of hydrogen-bond acceptors (Lipinski definition) is 5. The summed E-state index contributed by atoms with van der Waals surface area (Å²) >= 11 is 1.92. The van der Waals surface area contributed by atoms with Crippen molar-refractivity contribution in [2.45, 2.75) is 20.3 Å². The molecule has 4 N–H and O–H groups in total. The topological polar surface area (TPSA) is 84.1 Å². The molecule has 16 heavy (non-hydrogen) atoms. The zero-order chi connectivity index (χ0) is 12.4. The molecule has 0 amide bonds. The lowest BCUT2D eigenvalue weighted by atomic mass is 10.1. The minimum absolute atomic E-state index is 0.391. The Kier molecular flexibility index (Phi) is 8.78. The summed E-state index contributed by atoms with van der Waals surface area (Å²) < 4.78 is 0.391. The van der Waals surface area contributed by atoms with Crippen LogP contribution in [-0.4, -0.2) is 28.7 Å². The van der Waals surface area contributed by atoms with Gasteiger partial charge in [-0.15, -0.1) is 0 Å². The Labute approximate surface area is 110 Å².